The second-order valence-corrected chi connectivity index (χ2v) is 6.88. The summed E-state index contributed by atoms with van der Waals surface area (Å²) in [5.74, 6) is -1.44. The largest absolute Gasteiger partial charge is 1.00 e. The number of hydrogen-bond acceptors (Lipinski definition) is 4. The molecule has 0 fully saturated rings. The van der Waals surface area contributed by atoms with Crippen molar-refractivity contribution in [3.8, 4) is 0 Å². The van der Waals surface area contributed by atoms with E-state index in [1.54, 1.807) is 6.08 Å². The molecule has 0 aromatic heterocycles. The Morgan fingerprint density at radius 3 is 2.00 bits per heavy atom. The number of carboxylic acids is 1. The number of hydrogen-bond donors (Lipinski definition) is 1. The monoisotopic (exact) mass is 341 g/mol. The summed E-state index contributed by atoms with van der Waals surface area (Å²) < 4.78 is 24.5. The van der Waals surface area contributed by atoms with Gasteiger partial charge in [0.2, 0.25) is 10.0 Å². The van der Waals surface area contributed by atoms with Crippen LogP contribution in [0.3, 0.4) is 0 Å². The van der Waals surface area contributed by atoms with E-state index in [9.17, 15) is 18.3 Å². The SMILES string of the molecule is CCCCCCCCCCC/C=C/S(=O)(=O)NCC(=O)[O-].[Na+]. The van der Waals surface area contributed by atoms with Gasteiger partial charge in [0.05, 0.1) is 12.5 Å². The Balaban J connectivity index is 0. The fraction of sp³-hybridized carbons (Fsp3) is 0.800. The van der Waals surface area contributed by atoms with Gasteiger partial charge in [-0.3, -0.25) is 0 Å². The minimum absolute atomic E-state index is 0. The van der Waals surface area contributed by atoms with Gasteiger partial charge in [-0.25, -0.2) is 13.1 Å². The molecule has 124 valence electrons. The van der Waals surface area contributed by atoms with Crippen LogP contribution in [-0.4, -0.2) is 20.9 Å². The molecular weight excluding hydrogens is 313 g/mol. The van der Waals surface area contributed by atoms with Gasteiger partial charge in [-0.15, -0.1) is 0 Å². The normalized spacial score (nSPS) is 11.5. The molecule has 0 aromatic carbocycles. The summed E-state index contributed by atoms with van der Waals surface area (Å²) in [6, 6.07) is 0. The average molecular weight is 341 g/mol. The zero-order chi connectivity index (χ0) is 16.0. The first-order valence-corrected chi connectivity index (χ1v) is 9.38. The molecule has 0 bridgehead atoms. The summed E-state index contributed by atoms with van der Waals surface area (Å²) in [6.07, 6.45) is 13.3. The van der Waals surface area contributed by atoms with Gasteiger partial charge in [-0.2, -0.15) is 0 Å². The van der Waals surface area contributed by atoms with Crippen LogP contribution in [0, 0.1) is 0 Å². The minimum Gasteiger partial charge on any atom is -0.549 e. The number of allylic oxidation sites excluding steroid dienone is 1. The fourth-order valence-electron chi connectivity index (χ4n) is 1.98. The van der Waals surface area contributed by atoms with E-state index < -0.39 is 22.5 Å². The third-order valence-electron chi connectivity index (χ3n) is 3.17. The molecule has 0 amide bonds. The third kappa shape index (κ3) is 18.2. The third-order valence-corrected chi connectivity index (χ3v) is 4.26. The Kier molecular flexibility index (Phi) is 17.7. The fourth-order valence-corrected chi connectivity index (χ4v) is 2.78. The van der Waals surface area contributed by atoms with Crippen LogP contribution in [-0.2, 0) is 14.8 Å². The van der Waals surface area contributed by atoms with Crippen molar-refractivity contribution in [3.05, 3.63) is 11.5 Å². The maximum Gasteiger partial charge on any atom is 1.00 e. The van der Waals surface area contributed by atoms with Crippen LogP contribution in [0.2, 0.25) is 0 Å². The smallest absolute Gasteiger partial charge is 0.549 e. The van der Waals surface area contributed by atoms with Gasteiger partial charge < -0.3 is 9.90 Å². The molecule has 0 rings (SSSR count). The predicted molar refractivity (Wildman–Crippen MR) is 82.9 cm³/mol. The van der Waals surface area contributed by atoms with Gasteiger partial charge in [0.1, 0.15) is 0 Å². The molecule has 0 aliphatic rings. The standard InChI is InChI=1S/C15H29NO4S.Na/c1-2-3-4-5-6-7-8-9-10-11-12-13-21(19,20)16-14-15(17)18;/h12-13,16H,2-11,14H2,1H3,(H,17,18);/q;+1/p-1/b13-12+;. The molecule has 0 heterocycles. The van der Waals surface area contributed by atoms with E-state index >= 15 is 0 Å². The molecule has 22 heavy (non-hydrogen) atoms. The first-order valence-electron chi connectivity index (χ1n) is 7.84. The summed E-state index contributed by atoms with van der Waals surface area (Å²) in [6.45, 7) is 1.52. The summed E-state index contributed by atoms with van der Waals surface area (Å²) in [5.41, 5.74) is 0. The van der Waals surface area contributed by atoms with Crippen LogP contribution in [0.1, 0.15) is 71.1 Å². The van der Waals surface area contributed by atoms with E-state index in [2.05, 4.69) is 6.92 Å². The van der Waals surface area contributed by atoms with Crippen molar-refractivity contribution in [2.45, 2.75) is 71.1 Å². The second kappa shape index (κ2) is 16.0. The molecule has 7 heteroatoms. The van der Waals surface area contributed by atoms with Crippen LogP contribution >= 0.6 is 0 Å². The molecule has 1 N–H and O–H groups in total. The number of carbonyl (C=O) groups is 1. The molecule has 0 saturated heterocycles. The van der Waals surface area contributed by atoms with E-state index in [-0.39, 0.29) is 29.6 Å². The number of sulfonamides is 1. The van der Waals surface area contributed by atoms with Gasteiger partial charge in [-0.1, -0.05) is 64.4 Å². The van der Waals surface area contributed by atoms with Crippen molar-refractivity contribution in [1.29, 1.82) is 0 Å². The molecule has 0 saturated carbocycles. The van der Waals surface area contributed by atoms with E-state index in [0.29, 0.717) is 6.42 Å². The number of nitrogens with one attached hydrogen (secondary N) is 1. The molecule has 0 atom stereocenters. The van der Waals surface area contributed by atoms with Gasteiger partial charge in [0, 0.05) is 5.41 Å². The van der Waals surface area contributed by atoms with E-state index in [1.165, 1.54) is 44.9 Å². The molecule has 0 aromatic rings. The molecule has 5 nitrogen and oxygen atoms in total. The van der Waals surface area contributed by atoms with Crippen LogP contribution in [0.4, 0.5) is 0 Å². The summed E-state index contributed by atoms with van der Waals surface area (Å²) in [7, 11) is -3.64. The van der Waals surface area contributed by atoms with E-state index in [1.807, 2.05) is 4.72 Å². The minimum atomic E-state index is -3.64. The number of rotatable bonds is 14. The molecule has 0 aliphatic carbocycles. The Morgan fingerprint density at radius 2 is 1.50 bits per heavy atom. The second-order valence-electron chi connectivity index (χ2n) is 5.23. The summed E-state index contributed by atoms with van der Waals surface area (Å²) in [5, 5.41) is 11.2. The summed E-state index contributed by atoms with van der Waals surface area (Å²) >= 11 is 0. The zero-order valence-corrected chi connectivity index (χ0v) is 16.8. The van der Waals surface area contributed by atoms with Crippen molar-refractivity contribution in [3.63, 3.8) is 0 Å². The van der Waals surface area contributed by atoms with Crippen LogP contribution in [0.15, 0.2) is 11.5 Å². The van der Waals surface area contributed by atoms with Gasteiger partial charge in [-0.05, 0) is 12.8 Å². The van der Waals surface area contributed by atoms with Gasteiger partial charge in [0.25, 0.3) is 0 Å². The first-order chi connectivity index (χ1) is 9.98. The van der Waals surface area contributed by atoms with Gasteiger partial charge in [0.15, 0.2) is 0 Å². The topological polar surface area (TPSA) is 86.3 Å². The van der Waals surface area contributed by atoms with Crippen LogP contribution in [0.5, 0.6) is 0 Å². The van der Waals surface area contributed by atoms with Crippen LogP contribution < -0.4 is 39.4 Å². The Labute approximate surface area is 157 Å². The zero-order valence-electron chi connectivity index (χ0n) is 14.0. The average Bonchev–Trinajstić information content (AvgIpc) is 2.43. The van der Waals surface area contributed by atoms with Crippen LogP contribution in [0.25, 0.3) is 0 Å². The van der Waals surface area contributed by atoms with Gasteiger partial charge >= 0.3 is 29.6 Å². The van der Waals surface area contributed by atoms with Crippen molar-refractivity contribution in [2.24, 2.45) is 0 Å². The number of unbranched alkanes of at least 4 members (excludes halogenated alkanes) is 9. The van der Waals surface area contributed by atoms with E-state index in [0.717, 1.165) is 18.2 Å². The molecule has 0 aliphatic heterocycles. The Bertz CT molecular complexity index is 396. The molecule has 0 spiro atoms. The number of carboxylic acid groups (broad SMARTS) is 1. The number of carbonyl (C=O) groups excluding carboxylic acids is 1. The Morgan fingerprint density at radius 1 is 1.00 bits per heavy atom. The molecule has 0 unspecified atom stereocenters. The maximum absolute atomic E-state index is 11.3. The maximum atomic E-state index is 11.3. The number of aliphatic carboxylic acids is 1. The predicted octanol–water partition coefficient (Wildman–Crippen LogP) is -0.906. The molecular formula is C15H28NNaO4S. The Hall–Kier alpha value is 0.120. The van der Waals surface area contributed by atoms with Crippen molar-refractivity contribution in [1.82, 2.24) is 4.72 Å². The quantitative estimate of drug-likeness (QED) is 0.327. The van der Waals surface area contributed by atoms with Crippen molar-refractivity contribution in [2.75, 3.05) is 6.54 Å². The van der Waals surface area contributed by atoms with Crippen molar-refractivity contribution < 1.29 is 47.9 Å². The molecule has 0 radical (unpaired) electrons. The first kappa shape index (κ1) is 24.4. The summed E-state index contributed by atoms with van der Waals surface area (Å²) in [4.78, 5) is 10.1. The van der Waals surface area contributed by atoms with E-state index in [4.69, 9.17) is 0 Å². The van der Waals surface area contributed by atoms with Crippen molar-refractivity contribution >= 4 is 16.0 Å².